The first-order valence-electron chi connectivity index (χ1n) is 5.52. The highest BCUT2D eigenvalue weighted by Gasteiger charge is 2.14. The summed E-state index contributed by atoms with van der Waals surface area (Å²) in [5, 5.41) is 11.1. The van der Waals surface area contributed by atoms with Crippen molar-refractivity contribution >= 4 is 17.6 Å². The van der Waals surface area contributed by atoms with E-state index in [0.717, 1.165) is 6.07 Å². The molecule has 1 unspecified atom stereocenters. The molecule has 0 spiro atoms. The van der Waals surface area contributed by atoms with Gasteiger partial charge in [-0.25, -0.2) is 4.39 Å². The van der Waals surface area contributed by atoms with E-state index in [1.54, 1.807) is 0 Å². The van der Waals surface area contributed by atoms with Crippen LogP contribution in [0.4, 0.5) is 10.1 Å². The second-order valence-electron chi connectivity index (χ2n) is 3.90. The molecule has 0 aromatic heterocycles. The van der Waals surface area contributed by atoms with E-state index < -0.39 is 23.8 Å². The normalized spacial score (nSPS) is 11.9. The largest absolute Gasteiger partial charge is 0.481 e. The van der Waals surface area contributed by atoms with Gasteiger partial charge < -0.3 is 20.9 Å². The Balaban J connectivity index is 2.59. The summed E-state index contributed by atoms with van der Waals surface area (Å²) in [7, 11) is 1.35. The number of hydrogen-bond donors (Lipinski definition) is 3. The average molecular weight is 270 g/mol. The summed E-state index contributed by atoms with van der Waals surface area (Å²) in [6.07, 6.45) is -0.868. The highest BCUT2D eigenvalue weighted by atomic mass is 19.1. The van der Waals surface area contributed by atoms with E-state index in [4.69, 9.17) is 15.6 Å². The zero-order valence-corrected chi connectivity index (χ0v) is 10.4. The summed E-state index contributed by atoms with van der Waals surface area (Å²) in [5.41, 5.74) is 5.36. The molecule has 1 amide bonds. The van der Waals surface area contributed by atoms with Crippen LogP contribution in [0.25, 0.3) is 0 Å². The van der Waals surface area contributed by atoms with E-state index in [0.29, 0.717) is 0 Å². The molecule has 0 heterocycles. The number of hydrogen-bond acceptors (Lipinski definition) is 4. The Morgan fingerprint density at radius 1 is 1.53 bits per heavy atom. The van der Waals surface area contributed by atoms with Gasteiger partial charge in [0.15, 0.2) is 0 Å². The maximum absolute atomic E-state index is 13.2. The molecule has 1 atom stereocenters. The molecule has 4 N–H and O–H groups in total. The van der Waals surface area contributed by atoms with Crippen LogP contribution in [0.2, 0.25) is 0 Å². The van der Waals surface area contributed by atoms with Gasteiger partial charge in [-0.05, 0) is 18.2 Å². The van der Waals surface area contributed by atoms with Crippen molar-refractivity contribution in [2.75, 3.05) is 19.4 Å². The van der Waals surface area contributed by atoms with Gasteiger partial charge in [0.05, 0.1) is 18.2 Å². The van der Waals surface area contributed by atoms with E-state index in [2.05, 4.69) is 5.32 Å². The van der Waals surface area contributed by atoms with Crippen molar-refractivity contribution < 1.29 is 23.8 Å². The fourth-order valence-corrected chi connectivity index (χ4v) is 1.41. The van der Waals surface area contributed by atoms with Crippen LogP contribution >= 0.6 is 0 Å². The van der Waals surface area contributed by atoms with E-state index >= 15 is 0 Å². The molecule has 0 bridgehead atoms. The standard InChI is InChI=1S/C12H15FN2O4/c1-19-8(5-11(16)17)6-15-12(18)7-2-3-10(14)9(13)4-7/h2-4,8H,5-6,14H2,1H3,(H,15,18)(H,16,17). The van der Waals surface area contributed by atoms with Crippen LogP contribution in [0.1, 0.15) is 16.8 Å². The number of amides is 1. The number of carboxylic acids is 1. The number of nitrogens with one attached hydrogen (secondary N) is 1. The third-order valence-electron chi connectivity index (χ3n) is 2.49. The molecule has 0 aliphatic rings. The van der Waals surface area contributed by atoms with Crippen molar-refractivity contribution in [2.24, 2.45) is 0 Å². The molecule has 1 rings (SSSR count). The SMILES string of the molecule is COC(CNC(=O)c1ccc(N)c(F)c1)CC(=O)O. The van der Waals surface area contributed by atoms with Crippen molar-refractivity contribution in [3.8, 4) is 0 Å². The molecular formula is C12H15FN2O4. The van der Waals surface area contributed by atoms with Gasteiger partial charge in [0.25, 0.3) is 5.91 Å². The number of methoxy groups -OCH3 is 1. The van der Waals surface area contributed by atoms with Crippen molar-refractivity contribution in [3.63, 3.8) is 0 Å². The van der Waals surface area contributed by atoms with Crippen LogP contribution in [0.5, 0.6) is 0 Å². The minimum absolute atomic E-state index is 0.0215. The number of ether oxygens (including phenoxy) is 1. The van der Waals surface area contributed by atoms with Gasteiger partial charge in [-0.3, -0.25) is 9.59 Å². The molecule has 0 saturated heterocycles. The number of carbonyl (C=O) groups excluding carboxylic acids is 1. The highest BCUT2D eigenvalue weighted by Crippen LogP contribution is 2.11. The minimum Gasteiger partial charge on any atom is -0.481 e. The fourth-order valence-electron chi connectivity index (χ4n) is 1.41. The molecule has 6 nitrogen and oxygen atoms in total. The lowest BCUT2D eigenvalue weighted by atomic mass is 10.1. The Labute approximate surface area is 109 Å². The molecule has 104 valence electrons. The van der Waals surface area contributed by atoms with Crippen LogP contribution < -0.4 is 11.1 Å². The number of nitrogen functional groups attached to an aromatic ring is 1. The monoisotopic (exact) mass is 270 g/mol. The predicted octanol–water partition coefficient (Wildman–Crippen LogP) is 0.627. The van der Waals surface area contributed by atoms with Gasteiger partial charge in [0.1, 0.15) is 5.82 Å². The molecule has 0 saturated carbocycles. The van der Waals surface area contributed by atoms with Crippen molar-refractivity contribution in [2.45, 2.75) is 12.5 Å². The Hall–Kier alpha value is -2.15. The average Bonchev–Trinajstić information content (AvgIpc) is 2.36. The van der Waals surface area contributed by atoms with Crippen LogP contribution in [-0.4, -0.2) is 36.7 Å². The summed E-state index contributed by atoms with van der Waals surface area (Å²) in [6.45, 7) is 0.0215. The van der Waals surface area contributed by atoms with E-state index in [-0.39, 0.29) is 24.2 Å². The Bertz CT molecular complexity index is 479. The molecule has 0 aliphatic heterocycles. The molecule has 1 aromatic carbocycles. The molecular weight excluding hydrogens is 255 g/mol. The third kappa shape index (κ3) is 4.55. The van der Waals surface area contributed by atoms with E-state index in [1.807, 2.05) is 0 Å². The quantitative estimate of drug-likeness (QED) is 0.658. The first-order valence-corrected chi connectivity index (χ1v) is 5.52. The molecule has 0 radical (unpaired) electrons. The lowest BCUT2D eigenvalue weighted by Gasteiger charge is -2.14. The number of rotatable bonds is 6. The van der Waals surface area contributed by atoms with E-state index in [1.165, 1.54) is 19.2 Å². The number of carboxylic acid groups (broad SMARTS) is 1. The van der Waals surface area contributed by atoms with Crippen LogP contribution in [0, 0.1) is 5.82 Å². The number of benzene rings is 1. The summed E-state index contributed by atoms with van der Waals surface area (Å²) < 4.78 is 18.1. The van der Waals surface area contributed by atoms with Gasteiger partial charge in [0.2, 0.25) is 0 Å². The van der Waals surface area contributed by atoms with Crippen molar-refractivity contribution in [1.29, 1.82) is 0 Å². The zero-order valence-electron chi connectivity index (χ0n) is 10.4. The number of anilines is 1. The van der Waals surface area contributed by atoms with Crippen LogP contribution in [0.3, 0.4) is 0 Å². The van der Waals surface area contributed by atoms with Crippen LogP contribution in [0.15, 0.2) is 18.2 Å². The Morgan fingerprint density at radius 2 is 2.21 bits per heavy atom. The minimum atomic E-state index is -1.03. The molecule has 7 heteroatoms. The first-order chi connectivity index (χ1) is 8.93. The Morgan fingerprint density at radius 3 is 2.74 bits per heavy atom. The summed E-state index contributed by atoms with van der Waals surface area (Å²) in [6, 6.07) is 3.69. The first kappa shape index (κ1) is 14.9. The second-order valence-corrected chi connectivity index (χ2v) is 3.90. The van der Waals surface area contributed by atoms with Gasteiger partial charge in [-0.1, -0.05) is 0 Å². The lowest BCUT2D eigenvalue weighted by molar-refractivity contribution is -0.139. The summed E-state index contributed by atoms with van der Waals surface area (Å²) >= 11 is 0. The Kier molecular flexibility index (Phi) is 5.25. The molecule has 0 fully saturated rings. The topological polar surface area (TPSA) is 102 Å². The van der Waals surface area contributed by atoms with Crippen molar-refractivity contribution in [1.82, 2.24) is 5.32 Å². The summed E-state index contributed by atoms with van der Waals surface area (Å²) in [5.74, 6) is -2.23. The number of nitrogens with two attached hydrogens (primary N) is 1. The third-order valence-corrected chi connectivity index (χ3v) is 2.49. The van der Waals surface area contributed by atoms with Crippen molar-refractivity contribution in [3.05, 3.63) is 29.6 Å². The number of carbonyl (C=O) groups is 2. The van der Waals surface area contributed by atoms with E-state index in [9.17, 15) is 14.0 Å². The maximum atomic E-state index is 13.2. The highest BCUT2D eigenvalue weighted by molar-refractivity contribution is 5.94. The fraction of sp³-hybridized carbons (Fsp3) is 0.333. The molecule has 19 heavy (non-hydrogen) atoms. The van der Waals surface area contributed by atoms with Gasteiger partial charge in [-0.15, -0.1) is 0 Å². The molecule has 0 aliphatic carbocycles. The van der Waals surface area contributed by atoms with Gasteiger partial charge in [0, 0.05) is 19.2 Å². The zero-order chi connectivity index (χ0) is 14.4. The predicted molar refractivity (Wildman–Crippen MR) is 66.2 cm³/mol. The number of halogens is 1. The van der Waals surface area contributed by atoms with Crippen LogP contribution in [-0.2, 0) is 9.53 Å². The second kappa shape index (κ2) is 6.69. The van der Waals surface area contributed by atoms with Gasteiger partial charge >= 0.3 is 5.97 Å². The summed E-state index contributed by atoms with van der Waals surface area (Å²) in [4.78, 5) is 22.2. The van der Waals surface area contributed by atoms with Gasteiger partial charge in [-0.2, -0.15) is 0 Å². The molecule has 1 aromatic rings. The smallest absolute Gasteiger partial charge is 0.306 e. The number of aliphatic carboxylic acids is 1. The lowest BCUT2D eigenvalue weighted by Crippen LogP contribution is -2.34. The maximum Gasteiger partial charge on any atom is 0.306 e.